The van der Waals surface area contributed by atoms with Gasteiger partial charge in [-0.3, -0.25) is 19.1 Å². The van der Waals surface area contributed by atoms with Crippen molar-refractivity contribution in [3.8, 4) is 5.75 Å². The third-order valence-electron chi connectivity index (χ3n) is 7.89. The Labute approximate surface area is 246 Å². The summed E-state index contributed by atoms with van der Waals surface area (Å²) in [6.45, 7) is 1.62. The highest BCUT2D eigenvalue weighted by Gasteiger charge is 2.49. The van der Waals surface area contributed by atoms with Crippen molar-refractivity contribution in [2.24, 2.45) is 18.7 Å². The maximum Gasteiger partial charge on any atom is 0.278 e. The number of hydrogen-bond donors (Lipinski definition) is 2. The van der Waals surface area contributed by atoms with Gasteiger partial charge in [-0.05, 0) is 61.1 Å². The Morgan fingerprint density at radius 1 is 1.15 bits per heavy atom. The number of fused-ring (bicyclic) bond motifs is 2. The maximum absolute atomic E-state index is 14.6. The fraction of sp³-hybridized carbons (Fsp3) is 0.267. The van der Waals surface area contributed by atoms with Gasteiger partial charge in [-0.1, -0.05) is 40.2 Å². The van der Waals surface area contributed by atoms with Gasteiger partial charge in [0.05, 0.1) is 30.9 Å². The Morgan fingerprint density at radius 2 is 1.88 bits per heavy atom. The average Bonchev–Trinajstić information content (AvgIpc) is 3.36. The van der Waals surface area contributed by atoms with Crippen LogP contribution in [0.2, 0.25) is 0 Å². The van der Waals surface area contributed by atoms with E-state index < -0.39 is 23.3 Å². The lowest BCUT2D eigenvalue weighted by atomic mass is 9.83. The minimum absolute atomic E-state index is 0.0956. The standard InChI is InChI=1S/C30H31BrN6O4/c1-30(33-2,29(32)40)22-17-37(28(39)23-13-14-35(3)34-23)25-8-6-5-7-24(25)36(27(22)38)16-21-20-11-10-19(31)15-18(20)9-12-26(21)41-4/h5-15,22,33H,16-17H2,1-4H3,(H2,32,40)/t22-,30?/m1/s1. The van der Waals surface area contributed by atoms with E-state index in [1.54, 1.807) is 57.4 Å². The fourth-order valence-electron chi connectivity index (χ4n) is 5.37. The van der Waals surface area contributed by atoms with Gasteiger partial charge in [0, 0.05) is 29.8 Å². The molecule has 1 aromatic heterocycles. The molecule has 0 fully saturated rings. The Balaban J connectivity index is 1.72. The molecule has 4 aromatic rings. The van der Waals surface area contributed by atoms with Gasteiger partial charge in [0.25, 0.3) is 5.91 Å². The number of ether oxygens (including phenoxy) is 1. The number of amides is 3. The van der Waals surface area contributed by atoms with Crippen LogP contribution < -0.4 is 25.6 Å². The number of halogens is 1. The fourth-order valence-corrected chi connectivity index (χ4v) is 5.74. The summed E-state index contributed by atoms with van der Waals surface area (Å²) >= 11 is 3.53. The Bertz CT molecular complexity index is 1670. The highest BCUT2D eigenvalue weighted by atomic mass is 79.9. The summed E-state index contributed by atoms with van der Waals surface area (Å²) in [6, 6.07) is 18.6. The van der Waals surface area contributed by atoms with Crippen LogP contribution in [0.3, 0.4) is 0 Å². The van der Waals surface area contributed by atoms with Crippen LogP contribution in [0.5, 0.6) is 5.75 Å². The van der Waals surface area contributed by atoms with Crippen LogP contribution in [-0.4, -0.2) is 53.7 Å². The van der Waals surface area contributed by atoms with Gasteiger partial charge in [-0.25, -0.2) is 0 Å². The highest BCUT2D eigenvalue weighted by molar-refractivity contribution is 9.10. The molecule has 0 bridgehead atoms. The topological polar surface area (TPSA) is 123 Å². The van der Waals surface area contributed by atoms with Crippen LogP contribution in [0.4, 0.5) is 11.4 Å². The molecule has 1 aliphatic heterocycles. The normalized spacial score (nSPS) is 16.7. The molecule has 2 atom stereocenters. The van der Waals surface area contributed by atoms with Crippen molar-refractivity contribution >= 4 is 55.8 Å². The molecule has 3 aromatic carbocycles. The molecule has 0 aliphatic carbocycles. The van der Waals surface area contributed by atoms with Crippen molar-refractivity contribution in [3.63, 3.8) is 0 Å². The van der Waals surface area contributed by atoms with Gasteiger partial charge in [-0.15, -0.1) is 0 Å². The number of methoxy groups -OCH3 is 1. The number of nitrogens with zero attached hydrogens (tertiary/aromatic N) is 4. The number of nitrogens with two attached hydrogens (primary N) is 1. The Kier molecular flexibility index (Phi) is 7.58. The molecule has 3 N–H and O–H groups in total. The van der Waals surface area contributed by atoms with Crippen LogP contribution in [-0.2, 0) is 23.2 Å². The minimum atomic E-state index is -1.46. The number of carbonyl (C=O) groups excluding carboxylic acids is 3. The van der Waals surface area contributed by atoms with Gasteiger partial charge in [-0.2, -0.15) is 5.10 Å². The van der Waals surface area contributed by atoms with E-state index in [2.05, 4.69) is 26.3 Å². The van der Waals surface area contributed by atoms with E-state index in [-0.39, 0.29) is 24.7 Å². The molecule has 3 amide bonds. The molecule has 0 saturated heterocycles. The molecule has 5 rings (SSSR count). The first kappa shape index (κ1) is 28.3. The first-order valence-electron chi connectivity index (χ1n) is 13.0. The molecule has 41 heavy (non-hydrogen) atoms. The van der Waals surface area contributed by atoms with E-state index in [4.69, 9.17) is 10.5 Å². The molecule has 212 valence electrons. The third kappa shape index (κ3) is 4.95. The third-order valence-corrected chi connectivity index (χ3v) is 8.38. The van der Waals surface area contributed by atoms with Crippen molar-refractivity contribution in [1.29, 1.82) is 0 Å². The van der Waals surface area contributed by atoms with E-state index in [1.807, 2.05) is 42.5 Å². The number of carbonyl (C=O) groups is 3. The minimum Gasteiger partial charge on any atom is -0.496 e. The van der Waals surface area contributed by atoms with Crippen molar-refractivity contribution < 1.29 is 19.1 Å². The lowest BCUT2D eigenvalue weighted by Gasteiger charge is -2.36. The molecule has 0 radical (unpaired) electrons. The molecule has 2 heterocycles. The van der Waals surface area contributed by atoms with Gasteiger partial charge in [0.15, 0.2) is 5.69 Å². The Hall–Kier alpha value is -4.22. The molecule has 10 nitrogen and oxygen atoms in total. The van der Waals surface area contributed by atoms with E-state index in [9.17, 15) is 14.4 Å². The monoisotopic (exact) mass is 618 g/mol. The summed E-state index contributed by atoms with van der Waals surface area (Å²) in [5.74, 6) is -1.88. The molecule has 1 aliphatic rings. The lowest BCUT2D eigenvalue weighted by Crippen LogP contribution is -2.63. The van der Waals surface area contributed by atoms with E-state index in [0.717, 1.165) is 20.8 Å². The van der Waals surface area contributed by atoms with Crippen molar-refractivity contribution in [1.82, 2.24) is 15.1 Å². The molecular formula is C30H31BrN6O4. The zero-order chi connectivity index (χ0) is 29.5. The summed E-state index contributed by atoms with van der Waals surface area (Å²) in [5, 5.41) is 9.14. The predicted molar refractivity (Wildman–Crippen MR) is 161 cm³/mol. The molecule has 11 heteroatoms. The molecular weight excluding hydrogens is 588 g/mol. The van der Waals surface area contributed by atoms with Gasteiger partial charge < -0.3 is 25.6 Å². The summed E-state index contributed by atoms with van der Waals surface area (Å²) in [4.78, 5) is 44.5. The zero-order valence-electron chi connectivity index (χ0n) is 23.2. The molecule has 0 spiro atoms. The molecule has 1 unspecified atom stereocenters. The molecule has 0 saturated carbocycles. The number of anilines is 2. The first-order valence-corrected chi connectivity index (χ1v) is 13.8. The van der Waals surface area contributed by atoms with Gasteiger partial charge in [0.2, 0.25) is 11.8 Å². The maximum atomic E-state index is 14.6. The van der Waals surface area contributed by atoms with Crippen LogP contribution in [0.25, 0.3) is 10.8 Å². The zero-order valence-corrected chi connectivity index (χ0v) is 24.8. The number of para-hydroxylation sites is 2. The summed E-state index contributed by atoms with van der Waals surface area (Å²) in [6.07, 6.45) is 1.68. The van der Waals surface area contributed by atoms with E-state index >= 15 is 0 Å². The van der Waals surface area contributed by atoms with E-state index in [0.29, 0.717) is 17.1 Å². The number of likely N-dealkylation sites (N-methyl/N-ethyl adjacent to an activating group) is 1. The second-order valence-electron chi connectivity index (χ2n) is 10.2. The first-order chi connectivity index (χ1) is 19.6. The number of aromatic nitrogens is 2. The summed E-state index contributed by atoms with van der Waals surface area (Å²) < 4.78 is 8.20. The van der Waals surface area contributed by atoms with Crippen LogP contribution in [0.1, 0.15) is 23.0 Å². The number of hydrogen-bond acceptors (Lipinski definition) is 6. The second-order valence-corrected chi connectivity index (χ2v) is 11.1. The van der Waals surface area contributed by atoms with Crippen molar-refractivity contribution in [2.45, 2.75) is 19.0 Å². The van der Waals surface area contributed by atoms with Crippen LogP contribution in [0, 0.1) is 5.92 Å². The Morgan fingerprint density at radius 3 is 2.51 bits per heavy atom. The lowest BCUT2D eigenvalue weighted by molar-refractivity contribution is -0.133. The number of primary amides is 1. The summed E-state index contributed by atoms with van der Waals surface area (Å²) in [5.41, 5.74) is 6.46. The average molecular weight is 620 g/mol. The van der Waals surface area contributed by atoms with Crippen LogP contribution in [0.15, 0.2) is 71.3 Å². The largest absolute Gasteiger partial charge is 0.496 e. The quantitative estimate of drug-likeness (QED) is 0.326. The van der Waals surface area contributed by atoms with Crippen molar-refractivity contribution in [2.75, 3.05) is 30.5 Å². The number of benzene rings is 3. The number of aryl methyl sites for hydroxylation is 1. The number of rotatable bonds is 7. The highest BCUT2D eigenvalue weighted by Crippen LogP contribution is 2.40. The van der Waals surface area contributed by atoms with E-state index in [1.165, 1.54) is 9.58 Å². The predicted octanol–water partition coefficient (Wildman–Crippen LogP) is 3.62. The second kappa shape index (κ2) is 11.0. The van der Waals surface area contributed by atoms with Gasteiger partial charge in [0.1, 0.15) is 11.3 Å². The van der Waals surface area contributed by atoms with Crippen molar-refractivity contribution in [3.05, 3.63) is 82.6 Å². The number of nitrogens with one attached hydrogen (secondary N) is 1. The summed E-state index contributed by atoms with van der Waals surface area (Å²) in [7, 11) is 4.89. The SMILES string of the molecule is CNC(C)(C(N)=O)[C@@H]1CN(C(=O)c2ccn(C)n2)c2ccccc2N(Cc2c(OC)ccc3cc(Br)ccc23)C1=O. The van der Waals surface area contributed by atoms with Gasteiger partial charge >= 0.3 is 0 Å². The van der Waals surface area contributed by atoms with Crippen LogP contribution >= 0.6 is 15.9 Å². The smallest absolute Gasteiger partial charge is 0.278 e.